The first-order chi connectivity index (χ1) is 6.56. The lowest BCUT2D eigenvalue weighted by Crippen LogP contribution is -2.43. The number of rotatable bonds is 7. The molecule has 0 aliphatic rings. The van der Waals surface area contributed by atoms with E-state index in [-0.39, 0.29) is 6.04 Å². The van der Waals surface area contributed by atoms with Crippen LogP contribution < -0.4 is 5.73 Å². The van der Waals surface area contributed by atoms with Crippen LogP contribution in [-0.2, 0) is 0 Å². The summed E-state index contributed by atoms with van der Waals surface area (Å²) in [6.45, 7) is 10.9. The first-order valence-electron chi connectivity index (χ1n) is 5.60. The van der Waals surface area contributed by atoms with E-state index >= 15 is 0 Å². The SMILES string of the molecule is CCC(CC)CN(CC)C(C)C(N)=S. The Balaban J connectivity index is 4.19. The van der Waals surface area contributed by atoms with Crippen molar-refractivity contribution in [1.29, 1.82) is 0 Å². The Hall–Kier alpha value is -0.150. The molecule has 14 heavy (non-hydrogen) atoms. The molecule has 2 nitrogen and oxygen atoms in total. The standard InChI is InChI=1S/C11H24N2S/c1-5-10(6-2)8-13(7-3)9(4)11(12)14/h9-10H,5-8H2,1-4H3,(H2,12,14). The third kappa shape index (κ3) is 4.38. The van der Waals surface area contributed by atoms with Gasteiger partial charge in [0.05, 0.1) is 11.0 Å². The van der Waals surface area contributed by atoms with E-state index in [0.29, 0.717) is 4.99 Å². The van der Waals surface area contributed by atoms with Crippen LogP contribution in [0.5, 0.6) is 0 Å². The monoisotopic (exact) mass is 216 g/mol. The molecule has 0 saturated heterocycles. The molecule has 0 aromatic rings. The van der Waals surface area contributed by atoms with Gasteiger partial charge in [0.25, 0.3) is 0 Å². The van der Waals surface area contributed by atoms with Gasteiger partial charge >= 0.3 is 0 Å². The quantitative estimate of drug-likeness (QED) is 0.663. The first kappa shape index (κ1) is 13.8. The average Bonchev–Trinajstić information content (AvgIpc) is 2.19. The van der Waals surface area contributed by atoms with E-state index in [4.69, 9.17) is 18.0 Å². The summed E-state index contributed by atoms with van der Waals surface area (Å²) in [5.41, 5.74) is 5.66. The summed E-state index contributed by atoms with van der Waals surface area (Å²) in [4.78, 5) is 2.97. The zero-order chi connectivity index (χ0) is 11.1. The maximum absolute atomic E-state index is 5.66. The summed E-state index contributed by atoms with van der Waals surface area (Å²) in [6, 6.07) is 0.232. The summed E-state index contributed by atoms with van der Waals surface area (Å²) in [5.74, 6) is 0.770. The number of thiocarbonyl (C=S) groups is 1. The van der Waals surface area contributed by atoms with Crippen LogP contribution in [-0.4, -0.2) is 29.0 Å². The second-order valence-electron chi connectivity index (χ2n) is 3.85. The number of likely N-dealkylation sites (N-methyl/N-ethyl adjacent to an activating group) is 1. The molecule has 0 fully saturated rings. The van der Waals surface area contributed by atoms with Crippen molar-refractivity contribution in [3.05, 3.63) is 0 Å². The van der Waals surface area contributed by atoms with Gasteiger partial charge in [0.1, 0.15) is 0 Å². The number of nitrogens with zero attached hydrogens (tertiary/aromatic N) is 1. The summed E-state index contributed by atoms with van der Waals surface area (Å²) in [6.07, 6.45) is 2.47. The van der Waals surface area contributed by atoms with E-state index in [9.17, 15) is 0 Å². The highest BCUT2D eigenvalue weighted by Gasteiger charge is 2.17. The summed E-state index contributed by atoms with van der Waals surface area (Å²) >= 11 is 5.02. The minimum Gasteiger partial charge on any atom is -0.392 e. The van der Waals surface area contributed by atoms with E-state index in [1.807, 2.05) is 0 Å². The smallest absolute Gasteiger partial charge is 0.0899 e. The molecule has 0 spiro atoms. The van der Waals surface area contributed by atoms with Crippen molar-refractivity contribution in [3.8, 4) is 0 Å². The molecule has 0 saturated carbocycles. The van der Waals surface area contributed by atoms with Gasteiger partial charge in [0, 0.05) is 6.54 Å². The van der Waals surface area contributed by atoms with Crippen LogP contribution in [0.25, 0.3) is 0 Å². The van der Waals surface area contributed by atoms with E-state index < -0.39 is 0 Å². The maximum atomic E-state index is 5.66. The summed E-state index contributed by atoms with van der Waals surface area (Å²) < 4.78 is 0. The molecule has 84 valence electrons. The number of nitrogens with two attached hydrogens (primary N) is 1. The Morgan fingerprint density at radius 3 is 2.07 bits per heavy atom. The van der Waals surface area contributed by atoms with Crippen LogP contribution in [0.1, 0.15) is 40.5 Å². The van der Waals surface area contributed by atoms with E-state index in [1.165, 1.54) is 12.8 Å². The molecule has 0 aliphatic carbocycles. The molecule has 0 heterocycles. The number of hydrogen-bond acceptors (Lipinski definition) is 2. The van der Waals surface area contributed by atoms with E-state index in [1.54, 1.807) is 0 Å². The Morgan fingerprint density at radius 1 is 1.29 bits per heavy atom. The number of hydrogen-bond donors (Lipinski definition) is 1. The Kier molecular flexibility index (Phi) is 7.11. The third-order valence-electron chi connectivity index (χ3n) is 3.01. The highest BCUT2D eigenvalue weighted by molar-refractivity contribution is 7.80. The summed E-state index contributed by atoms with van der Waals surface area (Å²) in [5, 5.41) is 0. The maximum Gasteiger partial charge on any atom is 0.0899 e. The van der Waals surface area contributed by atoms with Gasteiger partial charge in [0.2, 0.25) is 0 Å². The van der Waals surface area contributed by atoms with Crippen molar-refractivity contribution in [2.45, 2.75) is 46.6 Å². The molecule has 0 amide bonds. The van der Waals surface area contributed by atoms with Crippen LogP contribution in [0, 0.1) is 5.92 Å². The predicted octanol–water partition coefficient (Wildman–Crippen LogP) is 2.42. The molecule has 0 rings (SSSR count). The van der Waals surface area contributed by atoms with Crippen molar-refractivity contribution in [2.75, 3.05) is 13.1 Å². The second kappa shape index (κ2) is 7.18. The van der Waals surface area contributed by atoms with Crippen LogP contribution in [0.2, 0.25) is 0 Å². The fraction of sp³-hybridized carbons (Fsp3) is 0.909. The molecule has 0 bridgehead atoms. The fourth-order valence-corrected chi connectivity index (χ4v) is 1.77. The molecule has 1 unspecified atom stereocenters. The lowest BCUT2D eigenvalue weighted by atomic mass is 10.0. The average molecular weight is 216 g/mol. The molecule has 0 aliphatic heterocycles. The lowest BCUT2D eigenvalue weighted by Gasteiger charge is -2.30. The first-order valence-corrected chi connectivity index (χ1v) is 6.00. The van der Waals surface area contributed by atoms with Gasteiger partial charge in [-0.05, 0) is 19.4 Å². The van der Waals surface area contributed by atoms with Crippen LogP contribution >= 0.6 is 12.2 Å². The van der Waals surface area contributed by atoms with Gasteiger partial charge in [-0.2, -0.15) is 0 Å². The predicted molar refractivity (Wildman–Crippen MR) is 67.6 cm³/mol. The third-order valence-corrected chi connectivity index (χ3v) is 3.35. The molecule has 0 aromatic carbocycles. The van der Waals surface area contributed by atoms with Gasteiger partial charge in [-0.1, -0.05) is 45.8 Å². The minimum atomic E-state index is 0.232. The highest BCUT2D eigenvalue weighted by Crippen LogP contribution is 2.12. The van der Waals surface area contributed by atoms with Gasteiger partial charge in [-0.25, -0.2) is 0 Å². The van der Waals surface area contributed by atoms with Crippen molar-refractivity contribution < 1.29 is 0 Å². The van der Waals surface area contributed by atoms with E-state index in [2.05, 4.69) is 32.6 Å². The molecule has 0 aromatic heterocycles. The molecule has 1 atom stereocenters. The zero-order valence-electron chi connectivity index (χ0n) is 9.92. The van der Waals surface area contributed by atoms with Gasteiger partial charge in [-0.15, -0.1) is 0 Å². The van der Waals surface area contributed by atoms with Gasteiger partial charge in [0.15, 0.2) is 0 Å². The van der Waals surface area contributed by atoms with Crippen molar-refractivity contribution in [1.82, 2.24) is 4.90 Å². The molecule has 2 N–H and O–H groups in total. The van der Waals surface area contributed by atoms with Crippen molar-refractivity contribution in [2.24, 2.45) is 11.7 Å². The Morgan fingerprint density at radius 2 is 1.79 bits per heavy atom. The van der Waals surface area contributed by atoms with Crippen molar-refractivity contribution in [3.63, 3.8) is 0 Å². The topological polar surface area (TPSA) is 29.3 Å². The molecular weight excluding hydrogens is 192 g/mol. The van der Waals surface area contributed by atoms with Crippen LogP contribution in [0.4, 0.5) is 0 Å². The second-order valence-corrected chi connectivity index (χ2v) is 4.32. The lowest BCUT2D eigenvalue weighted by molar-refractivity contribution is 0.217. The largest absolute Gasteiger partial charge is 0.392 e. The molecular formula is C11H24N2S. The molecule has 0 radical (unpaired) electrons. The molecule has 3 heteroatoms. The van der Waals surface area contributed by atoms with Crippen LogP contribution in [0.3, 0.4) is 0 Å². The van der Waals surface area contributed by atoms with E-state index in [0.717, 1.165) is 19.0 Å². The summed E-state index contributed by atoms with van der Waals surface area (Å²) in [7, 11) is 0. The van der Waals surface area contributed by atoms with Crippen LogP contribution in [0.15, 0.2) is 0 Å². The van der Waals surface area contributed by atoms with Gasteiger partial charge in [-0.3, -0.25) is 4.90 Å². The Bertz CT molecular complexity index is 167. The Labute approximate surface area is 93.8 Å². The highest BCUT2D eigenvalue weighted by atomic mass is 32.1. The van der Waals surface area contributed by atoms with Gasteiger partial charge < -0.3 is 5.73 Å². The van der Waals surface area contributed by atoms with Crippen molar-refractivity contribution >= 4 is 17.2 Å². The fourth-order valence-electron chi connectivity index (χ4n) is 1.62. The zero-order valence-corrected chi connectivity index (χ0v) is 10.7. The minimum absolute atomic E-state index is 0.232. The normalized spacial score (nSPS) is 13.6.